The Hall–Kier alpha value is -1.50. The van der Waals surface area contributed by atoms with Crippen LogP contribution in [-0.2, 0) is 4.79 Å². The Morgan fingerprint density at radius 3 is 2.63 bits per heavy atom. The van der Waals surface area contributed by atoms with Gasteiger partial charge in [0.1, 0.15) is 6.10 Å². The maximum absolute atomic E-state index is 12.2. The first-order chi connectivity index (χ1) is 14.5. The highest BCUT2D eigenvalue weighted by atomic mass is 32.2. The van der Waals surface area contributed by atoms with Gasteiger partial charge in [0.2, 0.25) is 0 Å². The average molecular weight is 435 g/mol. The Morgan fingerprint density at radius 2 is 1.90 bits per heavy atom. The first-order valence-corrected chi connectivity index (χ1v) is 12.4. The van der Waals surface area contributed by atoms with E-state index in [1.54, 1.807) is 11.9 Å². The molecule has 0 heterocycles. The monoisotopic (exact) mass is 434 g/mol. The Balaban J connectivity index is 1.65. The van der Waals surface area contributed by atoms with Crippen LogP contribution >= 0.6 is 11.9 Å². The van der Waals surface area contributed by atoms with Crippen LogP contribution in [-0.4, -0.2) is 34.6 Å². The van der Waals surface area contributed by atoms with Crippen LogP contribution in [0, 0.1) is 11.8 Å². The predicted molar refractivity (Wildman–Crippen MR) is 126 cm³/mol. The van der Waals surface area contributed by atoms with Crippen LogP contribution in [0.1, 0.15) is 64.2 Å². The molecule has 1 amide bonds. The smallest absolute Gasteiger partial charge is 0.253 e. The molecule has 30 heavy (non-hydrogen) atoms. The van der Waals surface area contributed by atoms with E-state index < -0.39 is 6.10 Å². The molecule has 1 aromatic rings. The van der Waals surface area contributed by atoms with Crippen LogP contribution in [0.3, 0.4) is 0 Å². The van der Waals surface area contributed by atoms with Gasteiger partial charge in [0.05, 0.1) is 6.10 Å². The summed E-state index contributed by atoms with van der Waals surface area (Å²) in [5.41, 5.74) is 1.78. The zero-order valence-electron chi connectivity index (χ0n) is 18.2. The van der Waals surface area contributed by atoms with Crippen molar-refractivity contribution in [3.8, 4) is 0 Å². The van der Waals surface area contributed by atoms with Gasteiger partial charge >= 0.3 is 0 Å². The van der Waals surface area contributed by atoms with Gasteiger partial charge in [0.15, 0.2) is 0 Å². The van der Waals surface area contributed by atoms with Crippen LogP contribution in [0.5, 0.6) is 0 Å². The number of unbranched alkanes of at least 4 members (excludes halogenated alkanes) is 3. The lowest BCUT2D eigenvalue weighted by Crippen LogP contribution is -2.29. The average Bonchev–Trinajstić information content (AvgIpc) is 3.09. The van der Waals surface area contributed by atoms with E-state index in [-0.39, 0.29) is 12.0 Å². The van der Waals surface area contributed by atoms with Gasteiger partial charge in [-0.1, -0.05) is 56.0 Å². The zero-order valence-corrected chi connectivity index (χ0v) is 19.0. The SMILES string of the molecule is C=C(CCCCCC[C@@H]1C(CCC(O)C(=O)Nc2ccccc2)CC[C@@H]1O)NSC. The second kappa shape index (κ2) is 13.7. The van der Waals surface area contributed by atoms with Crippen molar-refractivity contribution in [3.05, 3.63) is 42.6 Å². The summed E-state index contributed by atoms with van der Waals surface area (Å²) in [6.07, 6.45) is 10.5. The minimum Gasteiger partial charge on any atom is -0.393 e. The van der Waals surface area contributed by atoms with Gasteiger partial charge in [0, 0.05) is 17.6 Å². The van der Waals surface area contributed by atoms with E-state index in [1.165, 1.54) is 12.8 Å². The van der Waals surface area contributed by atoms with Gasteiger partial charge in [0.25, 0.3) is 5.91 Å². The lowest BCUT2D eigenvalue weighted by atomic mass is 9.85. The molecule has 0 saturated heterocycles. The summed E-state index contributed by atoms with van der Waals surface area (Å²) in [5, 5.41) is 23.4. The number of benzene rings is 1. The van der Waals surface area contributed by atoms with Crippen molar-refractivity contribution in [2.45, 2.75) is 76.4 Å². The Morgan fingerprint density at radius 1 is 1.17 bits per heavy atom. The molecule has 1 fully saturated rings. The summed E-state index contributed by atoms with van der Waals surface area (Å²) >= 11 is 1.58. The van der Waals surface area contributed by atoms with E-state index >= 15 is 0 Å². The molecule has 1 aliphatic rings. The lowest BCUT2D eigenvalue weighted by molar-refractivity contribution is -0.124. The summed E-state index contributed by atoms with van der Waals surface area (Å²) in [7, 11) is 0. The molecule has 1 aromatic carbocycles. The van der Waals surface area contributed by atoms with Gasteiger partial charge in [-0.2, -0.15) is 0 Å². The van der Waals surface area contributed by atoms with Crippen molar-refractivity contribution >= 4 is 23.5 Å². The topological polar surface area (TPSA) is 81.6 Å². The fraction of sp³-hybridized carbons (Fsp3) is 0.625. The second-order valence-corrected chi connectivity index (χ2v) is 8.99. The van der Waals surface area contributed by atoms with Crippen molar-refractivity contribution < 1.29 is 15.0 Å². The third-order valence-corrected chi connectivity index (χ3v) is 6.59. The van der Waals surface area contributed by atoms with E-state index in [0.717, 1.165) is 50.6 Å². The predicted octanol–water partition coefficient (Wildman–Crippen LogP) is 4.88. The highest BCUT2D eigenvalue weighted by Gasteiger charge is 2.34. The van der Waals surface area contributed by atoms with Crippen molar-refractivity contribution in [1.82, 2.24) is 4.72 Å². The number of carbonyl (C=O) groups excluding carboxylic acids is 1. The standard InChI is InChI=1S/C24H38N2O3S/c1-18(26-30-2)10-6-3-4-9-13-21-19(14-16-22(21)27)15-17-23(28)24(29)25-20-11-7-5-8-12-20/h5,7-8,11-12,19,21-23,26-28H,1,3-4,6,9-10,13-17H2,2H3,(H,25,29)/t19?,21-,22+,23?/m1/s1. The maximum atomic E-state index is 12.2. The zero-order chi connectivity index (χ0) is 21.8. The van der Waals surface area contributed by atoms with E-state index in [1.807, 2.05) is 36.6 Å². The number of para-hydroxylation sites is 1. The van der Waals surface area contributed by atoms with Crippen LogP contribution < -0.4 is 10.0 Å². The third kappa shape index (κ3) is 8.70. The molecule has 4 N–H and O–H groups in total. The van der Waals surface area contributed by atoms with E-state index in [2.05, 4.69) is 16.6 Å². The third-order valence-electron chi connectivity index (χ3n) is 6.10. The summed E-state index contributed by atoms with van der Waals surface area (Å²) in [4.78, 5) is 12.2. The number of carbonyl (C=O) groups is 1. The summed E-state index contributed by atoms with van der Waals surface area (Å²) in [5.74, 6) is 0.334. The number of amides is 1. The number of nitrogens with one attached hydrogen (secondary N) is 2. The highest BCUT2D eigenvalue weighted by molar-refractivity contribution is 7.96. The quantitative estimate of drug-likeness (QED) is 0.248. The molecule has 1 aliphatic carbocycles. The molecule has 4 atom stereocenters. The van der Waals surface area contributed by atoms with Crippen LogP contribution in [0.15, 0.2) is 42.6 Å². The van der Waals surface area contributed by atoms with Gasteiger partial charge in [-0.3, -0.25) is 4.79 Å². The molecule has 2 unspecified atom stereocenters. The van der Waals surface area contributed by atoms with Gasteiger partial charge < -0.3 is 20.3 Å². The van der Waals surface area contributed by atoms with E-state index in [9.17, 15) is 15.0 Å². The molecule has 5 nitrogen and oxygen atoms in total. The van der Waals surface area contributed by atoms with Gasteiger partial charge in [-0.15, -0.1) is 0 Å². The van der Waals surface area contributed by atoms with Crippen LogP contribution in [0.25, 0.3) is 0 Å². The molecular formula is C24H38N2O3S. The lowest BCUT2D eigenvalue weighted by Gasteiger charge is -2.23. The number of anilines is 1. The first kappa shape index (κ1) is 24.8. The molecule has 0 bridgehead atoms. The molecule has 168 valence electrons. The normalized spacial score (nSPS) is 21.9. The van der Waals surface area contributed by atoms with E-state index in [4.69, 9.17) is 0 Å². The van der Waals surface area contributed by atoms with Crippen molar-refractivity contribution in [2.75, 3.05) is 11.6 Å². The first-order valence-electron chi connectivity index (χ1n) is 11.2. The molecule has 0 radical (unpaired) electrons. The Bertz CT molecular complexity index is 641. The Kier molecular flexibility index (Phi) is 11.3. The van der Waals surface area contributed by atoms with Crippen molar-refractivity contribution in [2.24, 2.45) is 11.8 Å². The Labute approximate surface area is 185 Å². The van der Waals surface area contributed by atoms with Gasteiger partial charge in [-0.05, 0) is 68.9 Å². The molecule has 1 saturated carbocycles. The largest absolute Gasteiger partial charge is 0.393 e. The van der Waals surface area contributed by atoms with Crippen LogP contribution in [0.2, 0.25) is 0 Å². The number of aliphatic hydroxyl groups is 2. The molecule has 0 aromatic heterocycles. The van der Waals surface area contributed by atoms with Crippen molar-refractivity contribution in [3.63, 3.8) is 0 Å². The number of hydrogen-bond acceptors (Lipinski definition) is 5. The maximum Gasteiger partial charge on any atom is 0.253 e. The molecular weight excluding hydrogens is 396 g/mol. The van der Waals surface area contributed by atoms with Crippen LogP contribution in [0.4, 0.5) is 5.69 Å². The number of allylic oxidation sites excluding steroid dienone is 1. The van der Waals surface area contributed by atoms with Crippen molar-refractivity contribution in [1.29, 1.82) is 0 Å². The van der Waals surface area contributed by atoms with Gasteiger partial charge in [-0.25, -0.2) is 0 Å². The minimum atomic E-state index is -1.01. The molecule has 0 aliphatic heterocycles. The summed E-state index contributed by atoms with van der Waals surface area (Å²) < 4.78 is 3.18. The molecule has 2 rings (SSSR count). The fourth-order valence-electron chi connectivity index (χ4n) is 4.43. The summed E-state index contributed by atoms with van der Waals surface area (Å²) in [6, 6.07) is 9.21. The van der Waals surface area contributed by atoms with E-state index in [0.29, 0.717) is 23.9 Å². The number of aliphatic hydroxyl groups excluding tert-OH is 2. The second-order valence-electron chi connectivity index (χ2n) is 8.38. The number of rotatable bonds is 14. The number of hydrogen-bond donors (Lipinski definition) is 4. The molecule has 6 heteroatoms. The fourth-order valence-corrected chi connectivity index (χ4v) is 4.82. The highest BCUT2D eigenvalue weighted by Crippen LogP contribution is 2.38. The molecule has 0 spiro atoms. The minimum absolute atomic E-state index is 0.240. The summed E-state index contributed by atoms with van der Waals surface area (Å²) in [6.45, 7) is 4.00.